The van der Waals surface area contributed by atoms with Crippen molar-refractivity contribution < 1.29 is 13.2 Å². The molecule has 9 heteroatoms. The third-order valence-electron chi connectivity index (χ3n) is 4.11. The second-order valence-electron chi connectivity index (χ2n) is 5.99. The predicted molar refractivity (Wildman–Crippen MR) is 94.8 cm³/mol. The number of nitrogens with one attached hydrogen (secondary N) is 2. The second kappa shape index (κ2) is 7.81. The SMILES string of the molecule is CN=C(NCc1ccc(S(=O)(=O)N2CCOCC2)s1)NCC1CC1. The highest BCUT2D eigenvalue weighted by molar-refractivity contribution is 7.91. The molecule has 0 bridgehead atoms. The second-order valence-corrected chi connectivity index (χ2v) is 9.32. The highest BCUT2D eigenvalue weighted by atomic mass is 32.2. The number of thiophene rings is 1. The van der Waals surface area contributed by atoms with E-state index in [-0.39, 0.29) is 0 Å². The van der Waals surface area contributed by atoms with Crippen LogP contribution in [0.3, 0.4) is 0 Å². The van der Waals surface area contributed by atoms with E-state index >= 15 is 0 Å². The molecule has 1 aliphatic carbocycles. The van der Waals surface area contributed by atoms with Gasteiger partial charge < -0.3 is 15.4 Å². The van der Waals surface area contributed by atoms with Crippen LogP contribution < -0.4 is 10.6 Å². The summed E-state index contributed by atoms with van der Waals surface area (Å²) in [6, 6.07) is 3.55. The number of hydrogen-bond donors (Lipinski definition) is 2. The Labute approximate surface area is 147 Å². The largest absolute Gasteiger partial charge is 0.379 e. The van der Waals surface area contributed by atoms with Crippen LogP contribution in [0.5, 0.6) is 0 Å². The molecule has 1 saturated heterocycles. The lowest BCUT2D eigenvalue weighted by Crippen LogP contribution is -2.40. The Morgan fingerprint density at radius 3 is 2.75 bits per heavy atom. The minimum atomic E-state index is -3.40. The van der Waals surface area contributed by atoms with Gasteiger partial charge in [-0.25, -0.2) is 8.42 Å². The molecule has 2 fully saturated rings. The van der Waals surface area contributed by atoms with Crippen LogP contribution in [0.1, 0.15) is 17.7 Å². The fourth-order valence-electron chi connectivity index (χ4n) is 2.46. The first kappa shape index (κ1) is 17.7. The molecule has 2 N–H and O–H groups in total. The summed E-state index contributed by atoms with van der Waals surface area (Å²) >= 11 is 1.31. The molecular weight excluding hydrogens is 348 g/mol. The van der Waals surface area contributed by atoms with Gasteiger partial charge in [0.15, 0.2) is 5.96 Å². The van der Waals surface area contributed by atoms with Gasteiger partial charge in [0.25, 0.3) is 10.0 Å². The van der Waals surface area contributed by atoms with Gasteiger partial charge in [0.2, 0.25) is 0 Å². The first-order valence-electron chi connectivity index (χ1n) is 8.20. The van der Waals surface area contributed by atoms with E-state index in [4.69, 9.17) is 4.74 Å². The van der Waals surface area contributed by atoms with Crippen molar-refractivity contribution in [1.82, 2.24) is 14.9 Å². The maximum atomic E-state index is 12.6. The smallest absolute Gasteiger partial charge is 0.252 e. The average Bonchev–Trinajstić information content (AvgIpc) is 3.30. The molecule has 0 unspecified atom stereocenters. The van der Waals surface area contributed by atoms with Crippen molar-refractivity contribution >= 4 is 27.3 Å². The molecule has 1 aromatic heterocycles. The zero-order chi connectivity index (χ0) is 17.0. The topological polar surface area (TPSA) is 83.0 Å². The van der Waals surface area contributed by atoms with E-state index in [1.165, 1.54) is 28.5 Å². The molecule has 0 spiro atoms. The van der Waals surface area contributed by atoms with Crippen LogP contribution in [-0.4, -0.2) is 58.6 Å². The molecular formula is C15H24N4O3S2. The lowest BCUT2D eigenvalue weighted by Gasteiger charge is -2.25. The van der Waals surface area contributed by atoms with Crippen molar-refractivity contribution in [3.05, 3.63) is 17.0 Å². The van der Waals surface area contributed by atoms with Crippen LogP contribution in [0.25, 0.3) is 0 Å². The fraction of sp³-hybridized carbons (Fsp3) is 0.667. The summed E-state index contributed by atoms with van der Waals surface area (Å²) in [4.78, 5) is 5.16. The zero-order valence-electron chi connectivity index (χ0n) is 13.8. The third kappa shape index (κ3) is 4.47. The van der Waals surface area contributed by atoms with Crippen LogP contribution in [-0.2, 0) is 21.3 Å². The van der Waals surface area contributed by atoms with E-state index in [2.05, 4.69) is 15.6 Å². The average molecular weight is 373 g/mol. The van der Waals surface area contributed by atoms with Crippen LogP contribution in [0, 0.1) is 5.92 Å². The predicted octanol–water partition coefficient (Wildman–Crippen LogP) is 0.844. The molecule has 1 saturated carbocycles. The van der Waals surface area contributed by atoms with Gasteiger partial charge in [0, 0.05) is 31.6 Å². The molecule has 0 aromatic carbocycles. The summed E-state index contributed by atoms with van der Waals surface area (Å²) in [5.74, 6) is 1.53. The monoisotopic (exact) mass is 372 g/mol. The van der Waals surface area contributed by atoms with Gasteiger partial charge in [-0.05, 0) is 30.9 Å². The van der Waals surface area contributed by atoms with Crippen molar-refractivity contribution in [3.63, 3.8) is 0 Å². The molecule has 7 nitrogen and oxygen atoms in total. The molecule has 0 radical (unpaired) electrons. The van der Waals surface area contributed by atoms with Crippen molar-refractivity contribution in [1.29, 1.82) is 0 Å². The van der Waals surface area contributed by atoms with E-state index in [9.17, 15) is 8.42 Å². The number of nitrogens with zero attached hydrogens (tertiary/aromatic N) is 2. The summed E-state index contributed by atoms with van der Waals surface area (Å²) < 4.78 is 32.3. The van der Waals surface area contributed by atoms with Crippen LogP contribution in [0.2, 0.25) is 0 Å². The fourth-order valence-corrected chi connectivity index (χ4v) is 5.32. The molecule has 1 aromatic rings. The van der Waals surface area contributed by atoms with Gasteiger partial charge in [0.05, 0.1) is 19.8 Å². The Kier molecular flexibility index (Phi) is 5.75. The van der Waals surface area contributed by atoms with E-state index in [0.717, 1.165) is 23.3 Å². The highest BCUT2D eigenvalue weighted by Crippen LogP contribution is 2.27. The van der Waals surface area contributed by atoms with Gasteiger partial charge in [-0.1, -0.05) is 0 Å². The minimum absolute atomic E-state index is 0.391. The van der Waals surface area contributed by atoms with Crippen LogP contribution >= 0.6 is 11.3 Å². The van der Waals surface area contributed by atoms with E-state index < -0.39 is 10.0 Å². The zero-order valence-corrected chi connectivity index (χ0v) is 15.5. The van der Waals surface area contributed by atoms with E-state index in [1.807, 2.05) is 6.07 Å². The molecule has 2 aliphatic rings. The summed E-state index contributed by atoms with van der Waals surface area (Å²) in [6.07, 6.45) is 2.58. The number of ether oxygens (including phenoxy) is 1. The number of rotatable bonds is 6. The summed E-state index contributed by atoms with van der Waals surface area (Å²) in [5, 5.41) is 6.53. The number of guanidine groups is 1. The van der Waals surface area contributed by atoms with Crippen molar-refractivity contribution in [2.75, 3.05) is 39.9 Å². The van der Waals surface area contributed by atoms with Crippen molar-refractivity contribution in [2.24, 2.45) is 10.9 Å². The lowest BCUT2D eigenvalue weighted by atomic mass is 10.4. The molecule has 0 atom stereocenters. The third-order valence-corrected chi connectivity index (χ3v) is 7.56. The Morgan fingerprint density at radius 2 is 2.08 bits per heavy atom. The highest BCUT2D eigenvalue weighted by Gasteiger charge is 2.27. The molecule has 134 valence electrons. The Hall–Kier alpha value is -1.16. The molecule has 0 amide bonds. The Bertz CT molecular complexity index is 677. The molecule has 1 aliphatic heterocycles. The number of sulfonamides is 1. The lowest BCUT2D eigenvalue weighted by molar-refractivity contribution is 0.0731. The Morgan fingerprint density at radius 1 is 1.33 bits per heavy atom. The molecule has 3 rings (SSSR count). The van der Waals surface area contributed by atoms with Gasteiger partial charge in [0.1, 0.15) is 4.21 Å². The first-order chi connectivity index (χ1) is 11.6. The van der Waals surface area contributed by atoms with Crippen LogP contribution in [0.15, 0.2) is 21.3 Å². The van der Waals surface area contributed by atoms with Crippen molar-refractivity contribution in [2.45, 2.75) is 23.6 Å². The molecule has 2 heterocycles. The maximum Gasteiger partial charge on any atom is 0.252 e. The van der Waals surface area contributed by atoms with Crippen LogP contribution in [0.4, 0.5) is 0 Å². The van der Waals surface area contributed by atoms with Gasteiger partial charge in [-0.2, -0.15) is 4.31 Å². The first-order valence-corrected chi connectivity index (χ1v) is 10.5. The minimum Gasteiger partial charge on any atom is -0.379 e. The standard InChI is InChI=1S/C15H24N4O3S2/c1-16-15(17-10-12-2-3-12)18-11-13-4-5-14(23-13)24(20,21)19-6-8-22-9-7-19/h4-5,12H,2-3,6-11H2,1H3,(H2,16,17,18). The summed E-state index contributed by atoms with van der Waals surface area (Å²) in [6.45, 7) is 3.27. The maximum absolute atomic E-state index is 12.6. The normalized spacial score (nSPS) is 20.1. The van der Waals surface area contributed by atoms with E-state index in [0.29, 0.717) is 37.1 Å². The van der Waals surface area contributed by atoms with Gasteiger partial charge >= 0.3 is 0 Å². The van der Waals surface area contributed by atoms with Gasteiger partial charge in [-0.15, -0.1) is 11.3 Å². The number of aliphatic imine (C=N–C) groups is 1. The number of hydrogen-bond acceptors (Lipinski definition) is 5. The van der Waals surface area contributed by atoms with Gasteiger partial charge in [-0.3, -0.25) is 4.99 Å². The van der Waals surface area contributed by atoms with Crippen molar-refractivity contribution in [3.8, 4) is 0 Å². The Balaban J connectivity index is 1.56. The quantitative estimate of drug-likeness (QED) is 0.571. The number of morpholine rings is 1. The van der Waals surface area contributed by atoms with E-state index in [1.54, 1.807) is 13.1 Å². The summed E-state index contributed by atoms with van der Waals surface area (Å²) in [5.41, 5.74) is 0. The molecule has 24 heavy (non-hydrogen) atoms. The summed E-state index contributed by atoms with van der Waals surface area (Å²) in [7, 11) is -1.66.